The third-order valence-corrected chi connectivity index (χ3v) is 5.20. The van der Waals surface area contributed by atoms with Crippen LogP contribution in [0.5, 0.6) is 0 Å². The van der Waals surface area contributed by atoms with Crippen LogP contribution in [0.2, 0.25) is 0 Å². The van der Waals surface area contributed by atoms with Crippen molar-refractivity contribution in [3.63, 3.8) is 0 Å². The number of nitrogens with two attached hydrogens (primary N) is 1. The van der Waals surface area contributed by atoms with Crippen molar-refractivity contribution in [3.05, 3.63) is 66.1 Å². The summed E-state index contributed by atoms with van der Waals surface area (Å²) < 4.78 is 20.0. The van der Waals surface area contributed by atoms with Gasteiger partial charge in [0.25, 0.3) is 0 Å². The number of hydrogen-bond donors (Lipinski definition) is 2. The fourth-order valence-electron chi connectivity index (χ4n) is 3.21. The van der Waals surface area contributed by atoms with Gasteiger partial charge >= 0.3 is 0 Å². The Balaban J connectivity index is 1.90. The predicted octanol–water partition coefficient (Wildman–Crippen LogP) is 5.67. The monoisotopic (exact) mass is 393 g/mol. The van der Waals surface area contributed by atoms with Gasteiger partial charge in [-0.3, -0.25) is 0 Å². The second kappa shape index (κ2) is 8.62. The van der Waals surface area contributed by atoms with Crippen molar-refractivity contribution in [3.8, 4) is 22.3 Å². The van der Waals surface area contributed by atoms with E-state index in [4.69, 9.17) is 10.5 Å². The topological polar surface area (TPSA) is 60.2 Å². The highest BCUT2D eigenvalue weighted by atomic mass is 19.1. The highest BCUT2D eigenvalue weighted by molar-refractivity contribution is 5.77. The van der Waals surface area contributed by atoms with Crippen LogP contribution in [0, 0.1) is 12.7 Å². The molecule has 0 aliphatic carbocycles. The molecule has 0 bridgehead atoms. The highest BCUT2D eigenvalue weighted by Gasteiger charge is 2.16. The Hall–Kier alpha value is -2.92. The lowest BCUT2D eigenvalue weighted by Crippen LogP contribution is -2.25. The maximum absolute atomic E-state index is 14.5. The van der Waals surface area contributed by atoms with Crippen LogP contribution < -0.4 is 11.1 Å². The van der Waals surface area contributed by atoms with Crippen molar-refractivity contribution in [2.45, 2.75) is 32.8 Å². The first kappa shape index (κ1) is 20.8. The number of ether oxygens (including phenoxy) is 1. The summed E-state index contributed by atoms with van der Waals surface area (Å²) in [6.45, 7) is 6.58. The number of halogens is 1. The van der Waals surface area contributed by atoms with Crippen molar-refractivity contribution < 1.29 is 9.13 Å². The number of benzene rings is 2. The number of nitrogen functional groups attached to an aromatic ring is 1. The van der Waals surface area contributed by atoms with Crippen molar-refractivity contribution in [2.24, 2.45) is 0 Å². The van der Waals surface area contributed by atoms with E-state index in [2.05, 4.69) is 16.4 Å². The van der Waals surface area contributed by atoms with Gasteiger partial charge in [0, 0.05) is 19.9 Å². The van der Waals surface area contributed by atoms with Crippen molar-refractivity contribution in [1.82, 2.24) is 4.98 Å². The number of aromatic nitrogens is 1. The summed E-state index contributed by atoms with van der Waals surface area (Å²) in [6, 6.07) is 15.4. The number of hydrogen-bond acceptors (Lipinski definition) is 4. The molecular weight excluding hydrogens is 365 g/mol. The molecule has 0 spiro atoms. The number of anilines is 2. The van der Waals surface area contributed by atoms with Gasteiger partial charge in [0.15, 0.2) is 0 Å². The van der Waals surface area contributed by atoms with E-state index in [0.717, 1.165) is 34.2 Å². The quantitative estimate of drug-likeness (QED) is 0.543. The molecule has 1 heterocycles. The molecule has 0 fully saturated rings. The minimum absolute atomic E-state index is 0.250. The van der Waals surface area contributed by atoms with Gasteiger partial charge < -0.3 is 15.8 Å². The lowest BCUT2D eigenvalue weighted by molar-refractivity contribution is 0.0184. The number of rotatable bonds is 7. The SMILES string of the molecule is COC(C)(C)CCNc1cc(-c2cccc(-c3ccnc(N)c3)c2)c(C)cc1F. The smallest absolute Gasteiger partial charge is 0.146 e. The van der Waals surface area contributed by atoms with Crippen LogP contribution in [0.1, 0.15) is 25.8 Å². The lowest BCUT2D eigenvalue weighted by Gasteiger charge is -2.23. The Morgan fingerprint density at radius 3 is 2.52 bits per heavy atom. The van der Waals surface area contributed by atoms with Gasteiger partial charge in [-0.05, 0) is 85.3 Å². The van der Waals surface area contributed by atoms with E-state index in [0.29, 0.717) is 18.1 Å². The molecule has 0 atom stereocenters. The lowest BCUT2D eigenvalue weighted by atomic mass is 9.96. The summed E-state index contributed by atoms with van der Waals surface area (Å²) in [5, 5.41) is 3.21. The van der Waals surface area contributed by atoms with Gasteiger partial charge in [-0.2, -0.15) is 0 Å². The number of methoxy groups -OCH3 is 1. The molecule has 2 aromatic carbocycles. The minimum atomic E-state index is -0.252. The summed E-state index contributed by atoms with van der Waals surface area (Å²) in [5.41, 5.74) is 11.0. The standard InChI is InChI=1S/C24H28FN3O/c1-16-12-21(25)22(27-11-9-24(2,3)29-4)15-20(16)19-7-5-6-17(13-19)18-8-10-28-23(26)14-18/h5-8,10,12-15,27H,9,11H2,1-4H3,(H2,26,28). The molecule has 0 amide bonds. The van der Waals surface area contributed by atoms with Crippen LogP contribution >= 0.6 is 0 Å². The Labute approximate surface area is 171 Å². The molecule has 4 nitrogen and oxygen atoms in total. The molecule has 0 saturated heterocycles. The molecule has 152 valence electrons. The summed E-state index contributed by atoms with van der Waals surface area (Å²) in [6.07, 6.45) is 2.47. The fourth-order valence-corrected chi connectivity index (χ4v) is 3.21. The van der Waals surface area contributed by atoms with E-state index in [1.807, 2.05) is 57.2 Å². The number of nitrogens with one attached hydrogen (secondary N) is 1. The molecule has 0 aliphatic heterocycles. The average molecular weight is 394 g/mol. The zero-order valence-electron chi connectivity index (χ0n) is 17.4. The summed E-state index contributed by atoms with van der Waals surface area (Å²) in [5.74, 6) is 0.232. The fraction of sp³-hybridized carbons (Fsp3) is 0.292. The van der Waals surface area contributed by atoms with E-state index in [9.17, 15) is 4.39 Å². The summed E-state index contributed by atoms with van der Waals surface area (Å²) in [7, 11) is 1.69. The normalized spacial score (nSPS) is 11.5. The molecule has 0 aliphatic rings. The van der Waals surface area contributed by atoms with E-state index >= 15 is 0 Å². The van der Waals surface area contributed by atoms with Crippen LogP contribution in [0.3, 0.4) is 0 Å². The summed E-state index contributed by atoms with van der Waals surface area (Å²) >= 11 is 0. The van der Waals surface area contributed by atoms with Gasteiger partial charge in [-0.15, -0.1) is 0 Å². The van der Waals surface area contributed by atoms with Crippen LogP contribution in [0.4, 0.5) is 15.9 Å². The molecule has 0 saturated carbocycles. The molecule has 3 rings (SSSR count). The third-order valence-electron chi connectivity index (χ3n) is 5.20. The molecule has 5 heteroatoms. The van der Waals surface area contributed by atoms with Crippen molar-refractivity contribution in [1.29, 1.82) is 0 Å². The van der Waals surface area contributed by atoms with Gasteiger partial charge in [0.1, 0.15) is 11.6 Å². The Morgan fingerprint density at radius 2 is 1.79 bits per heavy atom. The maximum Gasteiger partial charge on any atom is 0.146 e. The largest absolute Gasteiger partial charge is 0.384 e. The number of pyridine rings is 1. The zero-order chi connectivity index (χ0) is 21.0. The third kappa shape index (κ3) is 5.12. The van der Waals surface area contributed by atoms with Crippen LogP contribution in [-0.2, 0) is 4.74 Å². The second-order valence-corrected chi connectivity index (χ2v) is 7.84. The van der Waals surface area contributed by atoms with Crippen LogP contribution in [0.15, 0.2) is 54.7 Å². The number of aryl methyl sites for hydroxylation is 1. The molecule has 29 heavy (non-hydrogen) atoms. The Morgan fingerprint density at radius 1 is 1.07 bits per heavy atom. The first-order chi connectivity index (χ1) is 13.8. The number of nitrogens with zero attached hydrogens (tertiary/aromatic N) is 1. The molecule has 1 aromatic heterocycles. The van der Waals surface area contributed by atoms with Gasteiger partial charge in [0.2, 0.25) is 0 Å². The minimum Gasteiger partial charge on any atom is -0.384 e. The second-order valence-electron chi connectivity index (χ2n) is 7.84. The highest BCUT2D eigenvalue weighted by Crippen LogP contribution is 2.32. The Kier molecular flexibility index (Phi) is 6.18. The van der Waals surface area contributed by atoms with Crippen molar-refractivity contribution >= 4 is 11.5 Å². The van der Waals surface area contributed by atoms with Crippen molar-refractivity contribution in [2.75, 3.05) is 24.7 Å². The van der Waals surface area contributed by atoms with Crippen LogP contribution in [0.25, 0.3) is 22.3 Å². The van der Waals surface area contributed by atoms with E-state index in [1.165, 1.54) is 0 Å². The zero-order valence-corrected chi connectivity index (χ0v) is 17.4. The van der Waals surface area contributed by atoms with E-state index < -0.39 is 0 Å². The molecule has 0 unspecified atom stereocenters. The van der Waals surface area contributed by atoms with Gasteiger partial charge in [-0.1, -0.05) is 18.2 Å². The first-order valence-corrected chi connectivity index (χ1v) is 9.70. The Bertz CT molecular complexity index is 1000. The van der Waals surface area contributed by atoms with Gasteiger partial charge in [0.05, 0.1) is 11.3 Å². The van der Waals surface area contributed by atoms with E-state index in [1.54, 1.807) is 19.4 Å². The predicted molar refractivity (Wildman–Crippen MR) is 118 cm³/mol. The maximum atomic E-state index is 14.5. The summed E-state index contributed by atoms with van der Waals surface area (Å²) in [4.78, 5) is 4.05. The molecule has 3 N–H and O–H groups in total. The van der Waals surface area contributed by atoms with E-state index in [-0.39, 0.29) is 11.4 Å². The first-order valence-electron chi connectivity index (χ1n) is 9.70. The van der Waals surface area contributed by atoms with Gasteiger partial charge in [-0.25, -0.2) is 9.37 Å². The van der Waals surface area contributed by atoms with Crippen LogP contribution in [-0.4, -0.2) is 24.2 Å². The molecule has 0 radical (unpaired) electrons. The average Bonchev–Trinajstić information content (AvgIpc) is 2.69. The molecular formula is C24H28FN3O. The molecule has 3 aromatic rings.